The van der Waals surface area contributed by atoms with Crippen LogP contribution in [-0.4, -0.2) is 0 Å². The minimum Gasteiger partial charge on any atom is -0.204 e. The minimum absolute atomic E-state index is 0.228. The molecule has 0 amide bonds. The first-order chi connectivity index (χ1) is 15.8. The maximum absolute atomic E-state index is 14.8. The number of fused-ring (bicyclic) bond motifs is 1. The average Bonchev–Trinajstić information content (AvgIpc) is 2.80. The zero-order chi connectivity index (χ0) is 23.7. The number of hydrogen-bond acceptors (Lipinski definition) is 0. The molecule has 0 aliphatic heterocycles. The Bertz CT molecular complexity index is 1230. The van der Waals surface area contributed by atoms with E-state index in [0.29, 0.717) is 29.5 Å². The highest BCUT2D eigenvalue weighted by Gasteiger charge is 2.32. The fraction of sp³-hybridized carbons (Fsp3) is 0.333. The molecule has 3 aromatic carbocycles. The maximum Gasteiger partial charge on any atom is 0.177 e. The average molecular weight is 460 g/mol. The second-order valence-corrected chi connectivity index (χ2v) is 8.63. The van der Waals surface area contributed by atoms with E-state index in [1.165, 1.54) is 18.2 Å². The third-order valence-electron chi connectivity index (χ3n) is 6.46. The summed E-state index contributed by atoms with van der Waals surface area (Å²) < 4.78 is 85.9. The van der Waals surface area contributed by atoms with Gasteiger partial charge in [0.2, 0.25) is 0 Å². The first-order valence-corrected chi connectivity index (χ1v) is 11.1. The van der Waals surface area contributed by atoms with E-state index in [1.54, 1.807) is 0 Å². The second-order valence-electron chi connectivity index (χ2n) is 8.63. The summed E-state index contributed by atoms with van der Waals surface area (Å²) in [5.41, 5.74) is -1.29. The van der Waals surface area contributed by atoms with E-state index in [0.717, 1.165) is 37.8 Å². The molecule has 0 spiro atoms. The van der Waals surface area contributed by atoms with Crippen molar-refractivity contribution in [3.05, 3.63) is 81.9 Å². The summed E-state index contributed by atoms with van der Waals surface area (Å²) in [6, 6.07) is 6.29. The van der Waals surface area contributed by atoms with Gasteiger partial charge in [-0.15, -0.1) is 0 Å². The van der Waals surface area contributed by atoms with Crippen LogP contribution >= 0.6 is 0 Å². The predicted molar refractivity (Wildman–Crippen MR) is 116 cm³/mol. The molecule has 0 atom stereocenters. The highest BCUT2D eigenvalue weighted by molar-refractivity contribution is 5.84. The van der Waals surface area contributed by atoms with Crippen LogP contribution in [0.15, 0.2) is 30.3 Å². The second kappa shape index (κ2) is 9.51. The van der Waals surface area contributed by atoms with E-state index in [9.17, 15) is 26.3 Å². The van der Waals surface area contributed by atoms with Gasteiger partial charge in [-0.3, -0.25) is 0 Å². The van der Waals surface area contributed by atoms with Crippen molar-refractivity contribution >= 4 is 10.8 Å². The van der Waals surface area contributed by atoms with Crippen LogP contribution in [0.5, 0.6) is 0 Å². The van der Waals surface area contributed by atoms with Gasteiger partial charge in [0.05, 0.1) is 0 Å². The van der Waals surface area contributed by atoms with Crippen LogP contribution in [0.2, 0.25) is 0 Å². The Labute approximate surface area is 188 Å². The van der Waals surface area contributed by atoms with Crippen LogP contribution in [-0.2, 0) is 0 Å². The molecular weight excluding hydrogens is 438 g/mol. The molecule has 4 rings (SSSR count). The van der Waals surface area contributed by atoms with Gasteiger partial charge in [0.1, 0.15) is 5.56 Å². The van der Waals surface area contributed by atoms with Gasteiger partial charge in [-0.25, -0.2) is 26.3 Å². The molecule has 0 nitrogen and oxygen atoms in total. The lowest BCUT2D eigenvalue weighted by molar-refractivity contribution is 0.295. The lowest BCUT2D eigenvalue weighted by Crippen LogP contribution is -2.17. The molecule has 0 heterocycles. The SMILES string of the molecule is CCCC1CCC(c2c(F)c(F)c(C#Cc3ccc4cc(F)c(F)cc4c3)c(F)c2F)CC1. The fourth-order valence-electron chi connectivity index (χ4n) is 4.72. The van der Waals surface area contributed by atoms with Gasteiger partial charge >= 0.3 is 0 Å². The molecule has 0 N–H and O–H groups in total. The van der Waals surface area contributed by atoms with E-state index >= 15 is 0 Å². The number of rotatable bonds is 3. The molecule has 1 saturated carbocycles. The topological polar surface area (TPSA) is 0 Å². The van der Waals surface area contributed by atoms with Crippen LogP contribution in [0.1, 0.15) is 68.1 Å². The van der Waals surface area contributed by atoms with Gasteiger partial charge in [0, 0.05) is 11.1 Å². The van der Waals surface area contributed by atoms with E-state index in [-0.39, 0.29) is 5.56 Å². The van der Waals surface area contributed by atoms with Gasteiger partial charge in [-0.05, 0) is 72.6 Å². The molecule has 0 aromatic heterocycles. The zero-order valence-electron chi connectivity index (χ0n) is 18.1. The molecule has 1 aliphatic rings. The summed E-state index contributed by atoms with van der Waals surface area (Å²) in [4.78, 5) is 0. The minimum atomic E-state index is -1.51. The standard InChI is InChI=1S/C27H22F6/c1-2-3-15-4-8-17(9-5-15)23-26(32)24(30)20(25(31)27(23)33)11-7-16-6-10-18-13-21(28)22(29)14-19(18)12-16/h6,10,12-15,17H,2-5,8-9H2,1H3. The molecule has 0 saturated heterocycles. The van der Waals surface area contributed by atoms with Crippen molar-refractivity contribution in [2.45, 2.75) is 51.4 Å². The Morgan fingerprint density at radius 2 is 1.33 bits per heavy atom. The Kier molecular flexibility index (Phi) is 6.69. The van der Waals surface area contributed by atoms with E-state index < -0.39 is 51.9 Å². The molecular formula is C27H22F6. The van der Waals surface area contributed by atoms with Crippen molar-refractivity contribution in [2.24, 2.45) is 5.92 Å². The first-order valence-electron chi connectivity index (χ1n) is 11.1. The van der Waals surface area contributed by atoms with Crippen molar-refractivity contribution < 1.29 is 26.3 Å². The lowest BCUT2D eigenvalue weighted by atomic mass is 9.76. The smallest absolute Gasteiger partial charge is 0.177 e. The van der Waals surface area contributed by atoms with Crippen LogP contribution in [0, 0.1) is 52.7 Å². The Balaban J connectivity index is 1.66. The number of hydrogen-bond donors (Lipinski definition) is 0. The van der Waals surface area contributed by atoms with Crippen molar-refractivity contribution in [3.63, 3.8) is 0 Å². The summed E-state index contributed by atoms with van der Waals surface area (Å²) in [5, 5.41) is 0.736. The molecule has 33 heavy (non-hydrogen) atoms. The van der Waals surface area contributed by atoms with Crippen molar-refractivity contribution in [3.8, 4) is 11.8 Å². The summed E-state index contributed by atoms with van der Waals surface area (Å²) in [5.74, 6) is -3.32. The molecule has 3 aromatic rings. The van der Waals surface area contributed by atoms with Crippen molar-refractivity contribution in [2.75, 3.05) is 0 Å². The fourth-order valence-corrected chi connectivity index (χ4v) is 4.72. The zero-order valence-corrected chi connectivity index (χ0v) is 18.1. The van der Waals surface area contributed by atoms with Crippen LogP contribution in [0.4, 0.5) is 26.3 Å². The van der Waals surface area contributed by atoms with E-state index in [2.05, 4.69) is 18.8 Å². The van der Waals surface area contributed by atoms with Crippen molar-refractivity contribution in [1.29, 1.82) is 0 Å². The van der Waals surface area contributed by atoms with Gasteiger partial charge in [-0.1, -0.05) is 37.7 Å². The Hall–Kier alpha value is -2.94. The third-order valence-corrected chi connectivity index (χ3v) is 6.46. The number of halogens is 6. The Morgan fingerprint density at radius 3 is 1.94 bits per heavy atom. The van der Waals surface area contributed by atoms with E-state index in [4.69, 9.17) is 0 Å². The predicted octanol–water partition coefficient (Wildman–Crippen LogP) is 8.15. The van der Waals surface area contributed by atoms with Gasteiger partial charge in [0.15, 0.2) is 34.9 Å². The Morgan fingerprint density at radius 1 is 0.727 bits per heavy atom. The molecule has 0 unspecified atom stereocenters. The molecule has 0 bridgehead atoms. The summed E-state index contributed by atoms with van der Waals surface area (Å²) in [6.45, 7) is 2.08. The van der Waals surface area contributed by atoms with Crippen LogP contribution < -0.4 is 0 Å². The van der Waals surface area contributed by atoms with E-state index in [1.807, 2.05) is 0 Å². The highest BCUT2D eigenvalue weighted by Crippen LogP contribution is 2.41. The molecule has 6 heteroatoms. The van der Waals surface area contributed by atoms with Crippen LogP contribution in [0.25, 0.3) is 10.8 Å². The lowest BCUT2D eigenvalue weighted by Gasteiger charge is -2.29. The third kappa shape index (κ3) is 4.59. The summed E-state index contributed by atoms with van der Waals surface area (Å²) in [6.07, 6.45) is 4.57. The number of benzene rings is 3. The normalized spacial score (nSPS) is 18.3. The van der Waals surface area contributed by atoms with Gasteiger partial charge in [-0.2, -0.15) is 0 Å². The first kappa shape index (κ1) is 23.2. The summed E-state index contributed by atoms with van der Waals surface area (Å²) in [7, 11) is 0. The maximum atomic E-state index is 14.8. The van der Waals surface area contributed by atoms with Gasteiger partial charge in [0.25, 0.3) is 0 Å². The molecule has 172 valence electrons. The highest BCUT2D eigenvalue weighted by atomic mass is 19.2. The molecule has 1 aliphatic carbocycles. The molecule has 0 radical (unpaired) electrons. The molecule has 1 fully saturated rings. The quantitative estimate of drug-likeness (QED) is 0.210. The summed E-state index contributed by atoms with van der Waals surface area (Å²) >= 11 is 0. The van der Waals surface area contributed by atoms with Crippen molar-refractivity contribution in [1.82, 2.24) is 0 Å². The monoisotopic (exact) mass is 460 g/mol. The van der Waals surface area contributed by atoms with Crippen LogP contribution in [0.3, 0.4) is 0 Å². The largest absolute Gasteiger partial charge is 0.204 e. The van der Waals surface area contributed by atoms with Gasteiger partial charge < -0.3 is 0 Å².